The average molecular weight is 341 g/mol. The number of rotatable bonds is 6. The molecule has 0 spiro atoms. The topological polar surface area (TPSA) is 73.6 Å². The van der Waals surface area contributed by atoms with Crippen molar-refractivity contribution in [3.05, 3.63) is 29.8 Å². The van der Waals surface area contributed by atoms with Crippen molar-refractivity contribution in [1.29, 1.82) is 0 Å². The zero-order valence-corrected chi connectivity index (χ0v) is 14.2. The maximum atomic E-state index is 12.3. The smallest absolute Gasteiger partial charge is 0.249 e. The number of nitrogens with two attached hydrogens (primary N) is 1. The van der Waals surface area contributed by atoms with E-state index in [1.165, 1.54) is 5.56 Å². The fourth-order valence-electron chi connectivity index (χ4n) is 3.22. The molecular formula is C17H25ClN2O3. The molecule has 2 aliphatic rings. The van der Waals surface area contributed by atoms with Gasteiger partial charge in [0.25, 0.3) is 0 Å². The molecular weight excluding hydrogens is 316 g/mol. The lowest BCUT2D eigenvalue weighted by Crippen LogP contribution is -2.39. The molecule has 128 valence electrons. The number of hydrogen-bond acceptors (Lipinski definition) is 4. The third-order valence-electron chi connectivity index (χ3n) is 4.80. The first-order valence-electron chi connectivity index (χ1n) is 7.95. The van der Waals surface area contributed by atoms with Gasteiger partial charge in [-0.25, -0.2) is 0 Å². The molecule has 0 unspecified atom stereocenters. The third kappa shape index (κ3) is 3.79. The SMILES string of the molecule is COc1ccccc1C1(CNC(=O)[C@@H]2CC[C@H](CN)O2)CC1.Cl. The lowest BCUT2D eigenvalue weighted by molar-refractivity contribution is -0.131. The highest BCUT2D eigenvalue weighted by Crippen LogP contribution is 2.50. The molecule has 0 bridgehead atoms. The van der Waals surface area contributed by atoms with Gasteiger partial charge in [0.2, 0.25) is 5.91 Å². The number of benzene rings is 1. The van der Waals surface area contributed by atoms with E-state index in [1.54, 1.807) is 7.11 Å². The molecule has 1 saturated heterocycles. The van der Waals surface area contributed by atoms with Crippen LogP contribution >= 0.6 is 12.4 Å². The Bertz CT molecular complexity index is 548. The molecule has 0 radical (unpaired) electrons. The normalized spacial score (nSPS) is 24.6. The number of methoxy groups -OCH3 is 1. The molecule has 3 rings (SSSR count). The van der Waals surface area contributed by atoms with Crippen molar-refractivity contribution in [2.45, 2.75) is 43.3 Å². The number of para-hydroxylation sites is 1. The number of carbonyl (C=O) groups is 1. The van der Waals surface area contributed by atoms with Gasteiger partial charge in [-0.05, 0) is 31.7 Å². The minimum Gasteiger partial charge on any atom is -0.496 e. The van der Waals surface area contributed by atoms with Crippen molar-refractivity contribution in [3.63, 3.8) is 0 Å². The summed E-state index contributed by atoms with van der Waals surface area (Å²) >= 11 is 0. The van der Waals surface area contributed by atoms with Gasteiger partial charge in [0, 0.05) is 24.1 Å². The third-order valence-corrected chi connectivity index (χ3v) is 4.80. The molecule has 1 heterocycles. The lowest BCUT2D eigenvalue weighted by Gasteiger charge is -2.20. The van der Waals surface area contributed by atoms with Crippen LogP contribution in [0.4, 0.5) is 0 Å². The van der Waals surface area contributed by atoms with Gasteiger partial charge in [0.1, 0.15) is 11.9 Å². The number of hydrogen-bond donors (Lipinski definition) is 2. The fraction of sp³-hybridized carbons (Fsp3) is 0.588. The van der Waals surface area contributed by atoms with Crippen LogP contribution in [0.25, 0.3) is 0 Å². The zero-order chi connectivity index (χ0) is 15.6. The predicted molar refractivity (Wildman–Crippen MR) is 91.1 cm³/mol. The van der Waals surface area contributed by atoms with E-state index in [4.69, 9.17) is 15.2 Å². The highest BCUT2D eigenvalue weighted by Gasteiger charge is 2.46. The molecule has 1 aromatic rings. The van der Waals surface area contributed by atoms with Crippen LogP contribution in [0.5, 0.6) is 5.75 Å². The highest BCUT2D eigenvalue weighted by molar-refractivity contribution is 5.85. The molecule has 5 nitrogen and oxygen atoms in total. The molecule has 0 aromatic heterocycles. The van der Waals surface area contributed by atoms with Gasteiger partial charge >= 0.3 is 0 Å². The van der Waals surface area contributed by atoms with E-state index in [0.29, 0.717) is 13.1 Å². The average Bonchev–Trinajstić information content (AvgIpc) is 3.20. The summed E-state index contributed by atoms with van der Waals surface area (Å²) in [4.78, 5) is 12.3. The van der Waals surface area contributed by atoms with Gasteiger partial charge in [0.15, 0.2) is 0 Å². The number of halogens is 1. The molecule has 6 heteroatoms. The summed E-state index contributed by atoms with van der Waals surface area (Å²) in [6, 6.07) is 8.06. The lowest BCUT2D eigenvalue weighted by atomic mass is 9.94. The summed E-state index contributed by atoms with van der Waals surface area (Å²) in [5.74, 6) is 0.881. The Morgan fingerprint density at radius 1 is 1.39 bits per heavy atom. The summed E-state index contributed by atoms with van der Waals surface area (Å²) in [7, 11) is 1.69. The quantitative estimate of drug-likeness (QED) is 0.827. The Morgan fingerprint density at radius 2 is 2.13 bits per heavy atom. The van der Waals surface area contributed by atoms with Crippen LogP contribution in [0.1, 0.15) is 31.2 Å². The summed E-state index contributed by atoms with van der Waals surface area (Å²) < 4.78 is 11.1. The van der Waals surface area contributed by atoms with E-state index < -0.39 is 0 Å². The second kappa shape index (κ2) is 7.51. The number of carbonyl (C=O) groups excluding carboxylic acids is 1. The van der Waals surface area contributed by atoms with Crippen molar-refractivity contribution >= 4 is 18.3 Å². The molecule has 2 fully saturated rings. The van der Waals surface area contributed by atoms with Crippen molar-refractivity contribution in [2.75, 3.05) is 20.2 Å². The van der Waals surface area contributed by atoms with Crippen molar-refractivity contribution in [1.82, 2.24) is 5.32 Å². The van der Waals surface area contributed by atoms with Gasteiger partial charge in [-0.1, -0.05) is 18.2 Å². The largest absolute Gasteiger partial charge is 0.496 e. The molecule has 1 amide bonds. The Balaban J connectivity index is 0.00000192. The maximum absolute atomic E-state index is 12.3. The summed E-state index contributed by atoms with van der Waals surface area (Å²) in [6.45, 7) is 1.12. The van der Waals surface area contributed by atoms with Crippen LogP contribution in [-0.4, -0.2) is 38.3 Å². The second-order valence-electron chi connectivity index (χ2n) is 6.26. The second-order valence-corrected chi connectivity index (χ2v) is 6.26. The van der Waals surface area contributed by atoms with Gasteiger partial charge in [-0.2, -0.15) is 0 Å². The van der Waals surface area contributed by atoms with Gasteiger partial charge in [-0.15, -0.1) is 12.4 Å². The van der Waals surface area contributed by atoms with Crippen molar-refractivity contribution in [3.8, 4) is 5.75 Å². The maximum Gasteiger partial charge on any atom is 0.249 e. The van der Waals surface area contributed by atoms with Crippen LogP contribution in [0.3, 0.4) is 0 Å². The minimum atomic E-state index is -0.345. The molecule has 23 heavy (non-hydrogen) atoms. The monoisotopic (exact) mass is 340 g/mol. The van der Waals surface area contributed by atoms with Crippen LogP contribution < -0.4 is 15.8 Å². The fourth-order valence-corrected chi connectivity index (χ4v) is 3.22. The van der Waals surface area contributed by atoms with Crippen LogP contribution in [0, 0.1) is 0 Å². The van der Waals surface area contributed by atoms with Crippen LogP contribution in [0.15, 0.2) is 24.3 Å². The highest BCUT2D eigenvalue weighted by atomic mass is 35.5. The molecule has 3 N–H and O–H groups in total. The number of ether oxygens (including phenoxy) is 2. The van der Waals surface area contributed by atoms with Crippen molar-refractivity contribution < 1.29 is 14.3 Å². The van der Waals surface area contributed by atoms with E-state index in [0.717, 1.165) is 31.4 Å². The van der Waals surface area contributed by atoms with E-state index in [1.807, 2.05) is 18.2 Å². The predicted octanol–water partition coefficient (Wildman–Crippen LogP) is 1.77. The first-order chi connectivity index (χ1) is 10.7. The summed E-state index contributed by atoms with van der Waals surface area (Å²) in [5.41, 5.74) is 6.79. The summed E-state index contributed by atoms with van der Waals surface area (Å²) in [6.07, 6.45) is 3.46. The van der Waals surface area contributed by atoms with Crippen LogP contribution in [-0.2, 0) is 14.9 Å². The van der Waals surface area contributed by atoms with E-state index in [-0.39, 0.29) is 35.9 Å². The minimum absolute atomic E-state index is 0. The Morgan fingerprint density at radius 3 is 2.74 bits per heavy atom. The Hall–Kier alpha value is -1.30. The Labute approximate surface area is 143 Å². The van der Waals surface area contributed by atoms with Crippen molar-refractivity contribution in [2.24, 2.45) is 5.73 Å². The first-order valence-corrected chi connectivity index (χ1v) is 7.95. The number of amides is 1. The first kappa shape index (κ1) is 18.0. The van der Waals surface area contributed by atoms with E-state index in [9.17, 15) is 4.79 Å². The van der Waals surface area contributed by atoms with E-state index in [2.05, 4.69) is 11.4 Å². The molecule has 1 aliphatic heterocycles. The summed E-state index contributed by atoms with van der Waals surface area (Å²) in [5, 5.41) is 3.06. The van der Waals surface area contributed by atoms with E-state index >= 15 is 0 Å². The Kier molecular flexibility index (Phi) is 5.89. The van der Waals surface area contributed by atoms with Crippen LogP contribution in [0.2, 0.25) is 0 Å². The standard InChI is InChI=1S/C17H24N2O3.ClH/c1-21-14-5-3-2-4-13(14)17(8-9-17)11-19-16(20)15-7-6-12(10-18)22-15;/h2-5,12,15H,6-11,18H2,1H3,(H,19,20);1H/t12-,15+;/m1./s1. The van der Waals surface area contributed by atoms with Gasteiger partial charge in [-0.3, -0.25) is 4.79 Å². The molecule has 1 aliphatic carbocycles. The molecule has 1 saturated carbocycles. The van der Waals surface area contributed by atoms with Gasteiger partial charge in [0.05, 0.1) is 13.2 Å². The van der Waals surface area contributed by atoms with Gasteiger partial charge < -0.3 is 20.5 Å². The molecule has 1 aromatic carbocycles. The number of nitrogens with one attached hydrogen (secondary N) is 1. The zero-order valence-electron chi connectivity index (χ0n) is 13.4. The molecule has 2 atom stereocenters.